The number of nitrogens with two attached hydrogens (primary N) is 2. The Kier molecular flexibility index (Phi) is 3.88. The predicted octanol–water partition coefficient (Wildman–Crippen LogP) is 0.815. The fourth-order valence-corrected chi connectivity index (χ4v) is 1.53. The summed E-state index contributed by atoms with van der Waals surface area (Å²) in [5.41, 5.74) is 11.0. The van der Waals surface area contributed by atoms with E-state index in [-0.39, 0.29) is 5.95 Å². The van der Waals surface area contributed by atoms with Crippen molar-refractivity contribution in [1.29, 1.82) is 0 Å². The van der Waals surface area contributed by atoms with Crippen LogP contribution >= 0.6 is 0 Å². The highest BCUT2D eigenvalue weighted by atomic mass is 16.5. The summed E-state index contributed by atoms with van der Waals surface area (Å²) in [7, 11) is 0. The molecule has 1 heterocycles. The van der Waals surface area contributed by atoms with Gasteiger partial charge >= 0.3 is 0 Å². The molecular weight excluding hydrogens is 180 g/mol. The van der Waals surface area contributed by atoms with E-state index < -0.39 is 0 Å². The van der Waals surface area contributed by atoms with Crippen LogP contribution in [0.4, 0.5) is 5.95 Å². The number of nitrogens with zero attached hydrogens (tertiary/aromatic N) is 2. The molecule has 0 saturated carbocycles. The van der Waals surface area contributed by atoms with Gasteiger partial charge in [0.1, 0.15) is 0 Å². The van der Waals surface area contributed by atoms with Gasteiger partial charge in [0.25, 0.3) is 5.95 Å². The number of hydrogen-bond acceptors (Lipinski definition) is 5. The predicted molar refractivity (Wildman–Crippen MR) is 54.4 cm³/mol. The van der Waals surface area contributed by atoms with E-state index in [9.17, 15) is 0 Å². The minimum absolute atomic E-state index is 0.195. The van der Waals surface area contributed by atoms with E-state index in [2.05, 4.69) is 24.0 Å². The van der Waals surface area contributed by atoms with Gasteiger partial charge in [-0.1, -0.05) is 13.8 Å². The van der Waals surface area contributed by atoms with E-state index in [4.69, 9.17) is 16.0 Å². The Morgan fingerprint density at radius 1 is 1.43 bits per heavy atom. The van der Waals surface area contributed by atoms with Gasteiger partial charge in [-0.05, 0) is 30.0 Å². The summed E-state index contributed by atoms with van der Waals surface area (Å²) in [5, 5.41) is 3.53. The molecule has 0 aliphatic rings. The molecule has 1 rings (SSSR count). The average molecular weight is 198 g/mol. The van der Waals surface area contributed by atoms with Gasteiger partial charge in [-0.25, -0.2) is 0 Å². The minimum atomic E-state index is 0.195. The van der Waals surface area contributed by atoms with Crippen LogP contribution < -0.4 is 11.5 Å². The van der Waals surface area contributed by atoms with Crippen molar-refractivity contribution in [2.45, 2.75) is 26.7 Å². The third-order valence-electron chi connectivity index (χ3n) is 2.09. The fourth-order valence-electron chi connectivity index (χ4n) is 1.53. The molecule has 0 aromatic carbocycles. The number of anilines is 1. The Balaban J connectivity index is 2.48. The molecule has 4 N–H and O–H groups in total. The highest BCUT2D eigenvalue weighted by Crippen LogP contribution is 2.15. The topological polar surface area (TPSA) is 91.0 Å². The lowest BCUT2D eigenvalue weighted by molar-refractivity contribution is 0.332. The molecule has 0 fully saturated rings. The second-order valence-electron chi connectivity index (χ2n) is 3.98. The molecule has 0 radical (unpaired) electrons. The Labute approximate surface area is 83.9 Å². The van der Waals surface area contributed by atoms with E-state index in [0.717, 1.165) is 12.8 Å². The Hall–Kier alpha value is -1.10. The first kappa shape index (κ1) is 11.0. The molecule has 0 aliphatic heterocycles. The lowest BCUT2D eigenvalue weighted by atomic mass is 9.94. The standard InChI is InChI=1S/C9H18N4O/c1-6(2)3-7(5-10)4-8-12-9(11)13-14-8/h6-7H,3-5,10H2,1-2H3,(H2,11,13)/t7-/m0/s1. The molecule has 14 heavy (non-hydrogen) atoms. The zero-order valence-corrected chi connectivity index (χ0v) is 8.73. The molecule has 1 atom stereocenters. The van der Waals surface area contributed by atoms with E-state index in [1.54, 1.807) is 0 Å². The maximum atomic E-state index is 5.65. The van der Waals surface area contributed by atoms with Crippen LogP contribution in [0.15, 0.2) is 4.52 Å². The van der Waals surface area contributed by atoms with Crippen LogP contribution in [0.2, 0.25) is 0 Å². The lowest BCUT2D eigenvalue weighted by Crippen LogP contribution is -2.19. The van der Waals surface area contributed by atoms with Gasteiger partial charge in [-0.15, -0.1) is 0 Å². The third kappa shape index (κ3) is 3.33. The maximum absolute atomic E-state index is 5.65. The molecule has 0 unspecified atom stereocenters. The summed E-state index contributed by atoms with van der Waals surface area (Å²) < 4.78 is 4.94. The van der Waals surface area contributed by atoms with E-state index in [1.165, 1.54) is 0 Å². The molecule has 0 bridgehead atoms. The molecule has 1 aromatic rings. The maximum Gasteiger partial charge on any atom is 0.260 e. The van der Waals surface area contributed by atoms with Crippen molar-refractivity contribution in [1.82, 2.24) is 10.1 Å². The van der Waals surface area contributed by atoms with Crippen molar-refractivity contribution in [2.75, 3.05) is 12.3 Å². The summed E-state index contributed by atoms with van der Waals surface area (Å²) in [5.74, 6) is 1.80. The second-order valence-corrected chi connectivity index (χ2v) is 3.98. The Morgan fingerprint density at radius 2 is 2.14 bits per heavy atom. The van der Waals surface area contributed by atoms with Crippen molar-refractivity contribution < 1.29 is 4.52 Å². The third-order valence-corrected chi connectivity index (χ3v) is 2.09. The van der Waals surface area contributed by atoms with Crippen LogP contribution in [0.5, 0.6) is 0 Å². The monoisotopic (exact) mass is 198 g/mol. The molecular formula is C9H18N4O. The van der Waals surface area contributed by atoms with Crippen molar-refractivity contribution in [3.63, 3.8) is 0 Å². The van der Waals surface area contributed by atoms with Crippen LogP contribution in [0, 0.1) is 11.8 Å². The van der Waals surface area contributed by atoms with Gasteiger partial charge in [0.15, 0.2) is 0 Å². The van der Waals surface area contributed by atoms with Gasteiger partial charge in [0, 0.05) is 6.42 Å². The molecule has 5 nitrogen and oxygen atoms in total. The average Bonchev–Trinajstić information content (AvgIpc) is 2.49. The van der Waals surface area contributed by atoms with Crippen LogP contribution in [0.3, 0.4) is 0 Å². The van der Waals surface area contributed by atoms with Gasteiger partial charge < -0.3 is 16.0 Å². The highest BCUT2D eigenvalue weighted by Gasteiger charge is 2.13. The van der Waals surface area contributed by atoms with Crippen molar-refractivity contribution in [3.05, 3.63) is 5.89 Å². The SMILES string of the molecule is CC(C)C[C@H](CN)Cc1nc(N)no1. The number of aromatic nitrogens is 2. The van der Waals surface area contributed by atoms with Gasteiger partial charge in [-0.3, -0.25) is 0 Å². The van der Waals surface area contributed by atoms with E-state index in [0.29, 0.717) is 24.3 Å². The smallest absolute Gasteiger partial charge is 0.260 e. The van der Waals surface area contributed by atoms with Crippen molar-refractivity contribution in [2.24, 2.45) is 17.6 Å². The fraction of sp³-hybridized carbons (Fsp3) is 0.778. The van der Waals surface area contributed by atoms with E-state index in [1.807, 2.05) is 0 Å². The van der Waals surface area contributed by atoms with Crippen molar-refractivity contribution >= 4 is 5.95 Å². The quantitative estimate of drug-likeness (QED) is 0.730. The van der Waals surface area contributed by atoms with Crippen LogP contribution in [-0.2, 0) is 6.42 Å². The minimum Gasteiger partial charge on any atom is -0.365 e. The second kappa shape index (κ2) is 4.95. The largest absolute Gasteiger partial charge is 0.365 e. The molecule has 0 saturated heterocycles. The van der Waals surface area contributed by atoms with Gasteiger partial charge in [0.05, 0.1) is 0 Å². The summed E-state index contributed by atoms with van der Waals surface area (Å²) >= 11 is 0. The van der Waals surface area contributed by atoms with Gasteiger partial charge in [0.2, 0.25) is 5.89 Å². The zero-order valence-electron chi connectivity index (χ0n) is 8.73. The number of hydrogen-bond donors (Lipinski definition) is 2. The molecule has 0 amide bonds. The first-order valence-electron chi connectivity index (χ1n) is 4.90. The first-order chi connectivity index (χ1) is 6.61. The molecule has 1 aromatic heterocycles. The summed E-state index contributed by atoms with van der Waals surface area (Å²) in [4.78, 5) is 3.95. The summed E-state index contributed by atoms with van der Waals surface area (Å²) in [6.45, 7) is 4.98. The number of nitrogen functional groups attached to an aromatic ring is 1. The molecule has 0 spiro atoms. The first-order valence-corrected chi connectivity index (χ1v) is 4.90. The Bertz CT molecular complexity index is 272. The number of rotatable bonds is 5. The zero-order chi connectivity index (χ0) is 10.6. The normalized spacial score (nSPS) is 13.4. The molecule has 0 aliphatic carbocycles. The van der Waals surface area contributed by atoms with Gasteiger partial charge in [-0.2, -0.15) is 4.98 Å². The molecule has 5 heteroatoms. The van der Waals surface area contributed by atoms with Crippen LogP contribution in [0.1, 0.15) is 26.2 Å². The molecule has 80 valence electrons. The van der Waals surface area contributed by atoms with Crippen LogP contribution in [-0.4, -0.2) is 16.7 Å². The summed E-state index contributed by atoms with van der Waals surface area (Å²) in [6, 6.07) is 0. The van der Waals surface area contributed by atoms with Crippen LogP contribution in [0.25, 0.3) is 0 Å². The summed E-state index contributed by atoms with van der Waals surface area (Å²) in [6.07, 6.45) is 1.79. The van der Waals surface area contributed by atoms with Crippen molar-refractivity contribution in [3.8, 4) is 0 Å². The highest BCUT2D eigenvalue weighted by molar-refractivity contribution is 5.10. The Morgan fingerprint density at radius 3 is 2.57 bits per heavy atom. The lowest BCUT2D eigenvalue weighted by Gasteiger charge is -2.14. The van der Waals surface area contributed by atoms with E-state index >= 15 is 0 Å².